The minimum atomic E-state index is -0.282. The van der Waals surface area contributed by atoms with E-state index in [0.717, 1.165) is 43.2 Å². The van der Waals surface area contributed by atoms with Gasteiger partial charge in [-0.1, -0.05) is 40.9 Å². The summed E-state index contributed by atoms with van der Waals surface area (Å²) >= 11 is 3.53. The van der Waals surface area contributed by atoms with Crippen molar-refractivity contribution < 1.29 is 4.79 Å². The van der Waals surface area contributed by atoms with Gasteiger partial charge in [0.2, 0.25) is 5.91 Å². The zero-order chi connectivity index (χ0) is 13.9. The highest BCUT2D eigenvalue weighted by atomic mass is 79.9. The van der Waals surface area contributed by atoms with Gasteiger partial charge in [0.05, 0.1) is 5.41 Å². The molecule has 3 heteroatoms. The number of nitrogens with zero attached hydrogens (tertiary/aromatic N) is 1. The zero-order valence-electron chi connectivity index (χ0n) is 11.8. The summed E-state index contributed by atoms with van der Waals surface area (Å²) in [6.07, 6.45) is 4.27. The fraction of sp³-hybridized carbons (Fsp3) is 0.562. The van der Waals surface area contributed by atoms with E-state index in [4.69, 9.17) is 0 Å². The Morgan fingerprint density at radius 2 is 1.89 bits per heavy atom. The first-order chi connectivity index (χ1) is 9.14. The Bertz CT molecular complexity index is 448. The second-order valence-corrected chi connectivity index (χ2v) is 6.19. The van der Waals surface area contributed by atoms with Crippen molar-refractivity contribution in [1.82, 2.24) is 4.90 Å². The van der Waals surface area contributed by atoms with Crippen LogP contribution in [-0.4, -0.2) is 23.9 Å². The second-order valence-electron chi connectivity index (χ2n) is 5.28. The molecule has 19 heavy (non-hydrogen) atoms. The van der Waals surface area contributed by atoms with Crippen molar-refractivity contribution in [3.63, 3.8) is 0 Å². The average Bonchev–Trinajstić information content (AvgIpc) is 2.90. The first-order valence-corrected chi connectivity index (χ1v) is 7.98. The van der Waals surface area contributed by atoms with Crippen LogP contribution in [0.3, 0.4) is 0 Å². The number of rotatable bonds is 4. The van der Waals surface area contributed by atoms with Gasteiger partial charge in [0, 0.05) is 17.6 Å². The van der Waals surface area contributed by atoms with Gasteiger partial charge < -0.3 is 4.90 Å². The van der Waals surface area contributed by atoms with E-state index < -0.39 is 0 Å². The van der Waals surface area contributed by atoms with E-state index in [9.17, 15) is 4.79 Å². The molecule has 0 unspecified atom stereocenters. The molecule has 1 aromatic carbocycles. The van der Waals surface area contributed by atoms with E-state index in [1.165, 1.54) is 5.56 Å². The minimum absolute atomic E-state index is 0.282. The van der Waals surface area contributed by atoms with Crippen molar-refractivity contribution in [3.05, 3.63) is 34.3 Å². The van der Waals surface area contributed by atoms with Crippen LogP contribution in [0.1, 0.15) is 45.1 Å². The molecule has 0 saturated heterocycles. The Morgan fingerprint density at radius 1 is 1.26 bits per heavy atom. The lowest BCUT2D eigenvalue weighted by atomic mass is 9.77. The normalized spacial score (nSPS) is 17.4. The smallest absolute Gasteiger partial charge is 0.233 e. The molecule has 0 atom stereocenters. The molecule has 0 aromatic heterocycles. The highest BCUT2D eigenvalue weighted by Crippen LogP contribution is 2.43. The van der Waals surface area contributed by atoms with E-state index in [-0.39, 0.29) is 5.41 Å². The Hall–Kier alpha value is -0.830. The molecular weight excluding hydrogens is 302 g/mol. The third-order valence-electron chi connectivity index (χ3n) is 4.29. The van der Waals surface area contributed by atoms with E-state index in [0.29, 0.717) is 5.91 Å². The summed E-state index contributed by atoms with van der Waals surface area (Å²) in [7, 11) is 0. The van der Waals surface area contributed by atoms with Crippen molar-refractivity contribution in [2.45, 2.75) is 44.9 Å². The minimum Gasteiger partial charge on any atom is -0.342 e. The molecule has 2 nitrogen and oxygen atoms in total. The Labute approximate surface area is 124 Å². The van der Waals surface area contributed by atoms with Crippen molar-refractivity contribution in [3.8, 4) is 0 Å². The van der Waals surface area contributed by atoms with E-state index in [1.54, 1.807) is 0 Å². The van der Waals surface area contributed by atoms with Crippen molar-refractivity contribution >= 4 is 21.8 Å². The van der Waals surface area contributed by atoms with E-state index in [2.05, 4.69) is 41.9 Å². The third kappa shape index (κ3) is 2.71. The second kappa shape index (κ2) is 6.08. The Balaban J connectivity index is 2.40. The number of amides is 1. The monoisotopic (exact) mass is 323 g/mol. The molecule has 1 aliphatic rings. The van der Waals surface area contributed by atoms with Crippen LogP contribution in [0.15, 0.2) is 28.7 Å². The molecule has 0 radical (unpaired) electrons. The molecule has 1 aliphatic carbocycles. The summed E-state index contributed by atoms with van der Waals surface area (Å²) in [6, 6.07) is 8.28. The summed E-state index contributed by atoms with van der Waals surface area (Å²) in [4.78, 5) is 14.9. The maximum absolute atomic E-state index is 13.0. The lowest BCUT2D eigenvalue weighted by Crippen LogP contribution is -2.45. The van der Waals surface area contributed by atoms with Crippen LogP contribution in [0.25, 0.3) is 0 Å². The highest BCUT2D eigenvalue weighted by molar-refractivity contribution is 9.10. The molecule has 1 amide bonds. The third-order valence-corrected chi connectivity index (χ3v) is 4.79. The summed E-state index contributed by atoms with van der Waals surface area (Å²) in [5.41, 5.74) is 0.895. The molecule has 2 rings (SSSR count). The zero-order valence-corrected chi connectivity index (χ0v) is 13.4. The molecule has 1 fully saturated rings. The van der Waals surface area contributed by atoms with Gasteiger partial charge in [-0.2, -0.15) is 0 Å². The van der Waals surface area contributed by atoms with Gasteiger partial charge >= 0.3 is 0 Å². The number of carbonyl (C=O) groups excluding carboxylic acids is 1. The van der Waals surface area contributed by atoms with Gasteiger partial charge in [-0.25, -0.2) is 0 Å². The van der Waals surface area contributed by atoms with Gasteiger partial charge in [-0.05, 0) is 44.4 Å². The van der Waals surface area contributed by atoms with Crippen LogP contribution in [0.5, 0.6) is 0 Å². The fourth-order valence-electron chi connectivity index (χ4n) is 3.20. The predicted octanol–water partition coefficient (Wildman–Crippen LogP) is 4.13. The summed E-state index contributed by atoms with van der Waals surface area (Å²) in [5, 5.41) is 0. The van der Waals surface area contributed by atoms with Crippen LogP contribution >= 0.6 is 15.9 Å². The van der Waals surface area contributed by atoms with Crippen LogP contribution < -0.4 is 0 Å². The lowest BCUT2D eigenvalue weighted by molar-refractivity contribution is -0.137. The largest absolute Gasteiger partial charge is 0.342 e. The molecule has 0 heterocycles. The molecule has 0 aliphatic heterocycles. The van der Waals surface area contributed by atoms with Crippen LogP contribution in [0, 0.1) is 0 Å². The number of hydrogen-bond donors (Lipinski definition) is 0. The maximum Gasteiger partial charge on any atom is 0.233 e. The molecule has 0 spiro atoms. The van der Waals surface area contributed by atoms with E-state index in [1.807, 2.05) is 17.0 Å². The summed E-state index contributed by atoms with van der Waals surface area (Å²) in [5.74, 6) is 0.313. The number of halogens is 1. The maximum atomic E-state index is 13.0. The van der Waals surface area contributed by atoms with Gasteiger partial charge in [0.15, 0.2) is 0 Å². The standard InChI is InChI=1S/C16H22BrNO/c1-3-18(4-2)15(19)16(10-5-6-11-16)13-8-7-9-14(17)12-13/h7-9,12H,3-6,10-11H2,1-2H3. The van der Waals surface area contributed by atoms with Crippen molar-refractivity contribution in [2.75, 3.05) is 13.1 Å². The predicted molar refractivity (Wildman–Crippen MR) is 82.2 cm³/mol. The van der Waals surface area contributed by atoms with Gasteiger partial charge in [-0.3, -0.25) is 4.79 Å². The SMILES string of the molecule is CCN(CC)C(=O)C1(c2cccc(Br)c2)CCCC1. The topological polar surface area (TPSA) is 20.3 Å². The van der Waals surface area contributed by atoms with E-state index >= 15 is 0 Å². The number of likely N-dealkylation sites (N-methyl/N-ethyl adjacent to an activating group) is 1. The van der Waals surface area contributed by atoms with Crippen LogP contribution in [0.4, 0.5) is 0 Å². The Kier molecular flexibility index (Phi) is 4.67. The number of hydrogen-bond acceptors (Lipinski definition) is 1. The van der Waals surface area contributed by atoms with Crippen molar-refractivity contribution in [2.24, 2.45) is 0 Å². The van der Waals surface area contributed by atoms with Gasteiger partial charge in [-0.15, -0.1) is 0 Å². The van der Waals surface area contributed by atoms with Crippen LogP contribution in [-0.2, 0) is 10.2 Å². The number of carbonyl (C=O) groups is 1. The first-order valence-electron chi connectivity index (χ1n) is 7.19. The first kappa shape index (κ1) is 14.6. The van der Waals surface area contributed by atoms with Gasteiger partial charge in [0.25, 0.3) is 0 Å². The Morgan fingerprint density at radius 3 is 2.42 bits per heavy atom. The quantitative estimate of drug-likeness (QED) is 0.815. The lowest BCUT2D eigenvalue weighted by Gasteiger charge is -2.34. The highest BCUT2D eigenvalue weighted by Gasteiger charge is 2.44. The van der Waals surface area contributed by atoms with Gasteiger partial charge in [0.1, 0.15) is 0 Å². The molecule has 1 saturated carbocycles. The molecule has 0 N–H and O–H groups in total. The molecule has 0 bridgehead atoms. The summed E-state index contributed by atoms with van der Waals surface area (Å²) < 4.78 is 1.06. The number of benzene rings is 1. The average molecular weight is 324 g/mol. The molecular formula is C16H22BrNO. The van der Waals surface area contributed by atoms with Crippen molar-refractivity contribution in [1.29, 1.82) is 0 Å². The fourth-order valence-corrected chi connectivity index (χ4v) is 3.60. The molecule has 1 aromatic rings. The molecule has 104 valence electrons. The summed E-state index contributed by atoms with van der Waals surface area (Å²) in [6.45, 7) is 5.71. The van der Waals surface area contributed by atoms with Crippen LogP contribution in [0.2, 0.25) is 0 Å².